The molecule has 1 saturated heterocycles. The van der Waals surface area contributed by atoms with E-state index in [1.807, 2.05) is 0 Å². The molecule has 0 saturated carbocycles. The Labute approximate surface area is 101 Å². The summed E-state index contributed by atoms with van der Waals surface area (Å²) in [4.78, 5) is 0. The van der Waals surface area contributed by atoms with E-state index in [-0.39, 0.29) is 0 Å². The molecule has 0 radical (unpaired) electrons. The maximum atomic E-state index is 5.84. The Bertz CT molecular complexity index is 197. The van der Waals surface area contributed by atoms with Crippen LogP contribution in [0.3, 0.4) is 0 Å². The van der Waals surface area contributed by atoms with Crippen molar-refractivity contribution in [2.75, 3.05) is 7.05 Å². The van der Waals surface area contributed by atoms with Gasteiger partial charge in [-0.15, -0.1) is 0 Å². The Kier molecular flexibility index (Phi) is 5.26. The van der Waals surface area contributed by atoms with Gasteiger partial charge in [-0.2, -0.15) is 0 Å². The van der Waals surface area contributed by atoms with E-state index in [1.165, 1.54) is 32.1 Å². The second kappa shape index (κ2) is 6.02. The van der Waals surface area contributed by atoms with Crippen LogP contribution in [0, 0.1) is 5.41 Å². The average molecular weight is 227 g/mol. The van der Waals surface area contributed by atoms with Crippen molar-refractivity contribution < 1.29 is 4.74 Å². The summed E-state index contributed by atoms with van der Waals surface area (Å²) in [5.74, 6) is 0. The zero-order valence-electron chi connectivity index (χ0n) is 11.7. The molecule has 0 spiro atoms. The lowest BCUT2D eigenvalue weighted by molar-refractivity contribution is 0.0483. The highest BCUT2D eigenvalue weighted by Crippen LogP contribution is 2.26. The monoisotopic (exact) mass is 227 g/mol. The third kappa shape index (κ3) is 4.42. The van der Waals surface area contributed by atoms with Crippen LogP contribution in [0.1, 0.15) is 59.8 Å². The van der Waals surface area contributed by atoms with Gasteiger partial charge in [-0.1, -0.05) is 20.8 Å². The molecule has 0 aliphatic carbocycles. The fourth-order valence-electron chi connectivity index (χ4n) is 2.66. The van der Waals surface area contributed by atoms with E-state index in [1.54, 1.807) is 0 Å². The second-order valence-electron chi connectivity index (χ2n) is 6.28. The lowest BCUT2D eigenvalue weighted by Crippen LogP contribution is -2.38. The van der Waals surface area contributed by atoms with Gasteiger partial charge in [0.1, 0.15) is 0 Å². The molecule has 0 bridgehead atoms. The maximum absolute atomic E-state index is 5.84. The quantitative estimate of drug-likeness (QED) is 0.777. The normalized spacial score (nSPS) is 28.3. The SMILES string of the molecule is CNC(CCCC1CCC(C)O1)C(C)(C)C. The highest BCUT2D eigenvalue weighted by Gasteiger charge is 2.24. The molecule has 1 aliphatic rings. The lowest BCUT2D eigenvalue weighted by atomic mass is 9.83. The Hall–Kier alpha value is -0.0800. The van der Waals surface area contributed by atoms with Crippen molar-refractivity contribution in [1.82, 2.24) is 5.32 Å². The molecule has 2 nitrogen and oxygen atoms in total. The number of ether oxygens (including phenoxy) is 1. The summed E-state index contributed by atoms with van der Waals surface area (Å²) in [5, 5.41) is 3.44. The number of rotatable bonds is 5. The Morgan fingerprint density at radius 1 is 1.31 bits per heavy atom. The van der Waals surface area contributed by atoms with E-state index < -0.39 is 0 Å². The van der Waals surface area contributed by atoms with Crippen LogP contribution in [-0.4, -0.2) is 25.3 Å². The zero-order chi connectivity index (χ0) is 12.2. The zero-order valence-corrected chi connectivity index (χ0v) is 11.7. The fourth-order valence-corrected chi connectivity index (χ4v) is 2.66. The van der Waals surface area contributed by atoms with E-state index >= 15 is 0 Å². The van der Waals surface area contributed by atoms with Crippen molar-refractivity contribution in [1.29, 1.82) is 0 Å². The Morgan fingerprint density at radius 3 is 2.44 bits per heavy atom. The maximum Gasteiger partial charge on any atom is 0.0579 e. The lowest BCUT2D eigenvalue weighted by Gasteiger charge is -2.30. The van der Waals surface area contributed by atoms with E-state index in [9.17, 15) is 0 Å². The predicted molar refractivity (Wildman–Crippen MR) is 69.7 cm³/mol. The molecule has 16 heavy (non-hydrogen) atoms. The van der Waals surface area contributed by atoms with Gasteiger partial charge in [-0.25, -0.2) is 0 Å². The molecule has 96 valence electrons. The molecule has 1 fully saturated rings. The van der Waals surface area contributed by atoms with Crippen molar-refractivity contribution in [3.8, 4) is 0 Å². The summed E-state index contributed by atoms with van der Waals surface area (Å²) in [7, 11) is 2.07. The summed E-state index contributed by atoms with van der Waals surface area (Å²) in [6, 6.07) is 0.617. The first kappa shape index (κ1) is 14.0. The van der Waals surface area contributed by atoms with E-state index in [0.717, 1.165) is 0 Å². The minimum Gasteiger partial charge on any atom is -0.375 e. The molecule has 1 rings (SSSR count). The first-order valence-electron chi connectivity index (χ1n) is 6.76. The van der Waals surface area contributed by atoms with Gasteiger partial charge in [0.05, 0.1) is 12.2 Å². The molecular weight excluding hydrogens is 198 g/mol. The standard InChI is InChI=1S/C14H29NO/c1-11-9-10-12(16-11)7-6-8-13(15-5)14(2,3)4/h11-13,15H,6-10H2,1-5H3. The third-order valence-electron chi connectivity index (χ3n) is 3.73. The molecule has 0 aromatic rings. The van der Waals surface area contributed by atoms with E-state index in [4.69, 9.17) is 4.74 Å². The minimum atomic E-state index is 0.360. The highest BCUT2D eigenvalue weighted by molar-refractivity contribution is 4.80. The molecule has 3 unspecified atom stereocenters. The van der Waals surface area contributed by atoms with Gasteiger partial charge in [0.2, 0.25) is 0 Å². The second-order valence-corrected chi connectivity index (χ2v) is 6.28. The van der Waals surface area contributed by atoms with Crippen molar-refractivity contribution in [2.24, 2.45) is 5.41 Å². The number of hydrogen-bond acceptors (Lipinski definition) is 2. The van der Waals surface area contributed by atoms with Gasteiger partial charge in [0, 0.05) is 6.04 Å². The van der Waals surface area contributed by atoms with Crippen molar-refractivity contribution >= 4 is 0 Å². The molecule has 3 atom stereocenters. The first-order chi connectivity index (χ1) is 7.43. The van der Waals surface area contributed by atoms with Gasteiger partial charge >= 0.3 is 0 Å². The summed E-state index contributed by atoms with van der Waals surface area (Å²) in [6.07, 6.45) is 7.31. The average Bonchev–Trinajstić information content (AvgIpc) is 2.57. The molecule has 1 heterocycles. The molecule has 0 aromatic heterocycles. The molecule has 0 aromatic carbocycles. The smallest absolute Gasteiger partial charge is 0.0579 e. The van der Waals surface area contributed by atoms with Crippen LogP contribution >= 0.6 is 0 Å². The van der Waals surface area contributed by atoms with Crippen LogP contribution in [0.15, 0.2) is 0 Å². The summed E-state index contributed by atoms with van der Waals surface area (Å²) >= 11 is 0. The van der Waals surface area contributed by atoms with Gasteiger partial charge in [0.25, 0.3) is 0 Å². The van der Waals surface area contributed by atoms with Crippen LogP contribution in [-0.2, 0) is 4.74 Å². The van der Waals surface area contributed by atoms with Crippen LogP contribution in [0.5, 0.6) is 0 Å². The number of hydrogen-bond donors (Lipinski definition) is 1. The van der Waals surface area contributed by atoms with Crippen LogP contribution in [0.4, 0.5) is 0 Å². The Morgan fingerprint density at radius 2 is 2.00 bits per heavy atom. The highest BCUT2D eigenvalue weighted by atomic mass is 16.5. The fraction of sp³-hybridized carbons (Fsp3) is 1.00. The van der Waals surface area contributed by atoms with Crippen LogP contribution < -0.4 is 5.32 Å². The summed E-state index contributed by atoms with van der Waals surface area (Å²) < 4.78 is 5.84. The van der Waals surface area contributed by atoms with Gasteiger partial charge in [-0.05, 0) is 51.5 Å². The number of nitrogens with one attached hydrogen (secondary N) is 1. The third-order valence-corrected chi connectivity index (χ3v) is 3.73. The topological polar surface area (TPSA) is 21.3 Å². The summed E-state index contributed by atoms with van der Waals surface area (Å²) in [5.41, 5.74) is 0.360. The predicted octanol–water partition coefficient (Wildman–Crippen LogP) is 3.36. The van der Waals surface area contributed by atoms with E-state index in [2.05, 4.69) is 40.1 Å². The molecule has 0 amide bonds. The van der Waals surface area contributed by atoms with Crippen molar-refractivity contribution in [2.45, 2.75) is 78.0 Å². The Balaban J connectivity index is 2.19. The van der Waals surface area contributed by atoms with Gasteiger partial charge in [0.15, 0.2) is 0 Å². The van der Waals surface area contributed by atoms with Gasteiger partial charge in [-0.3, -0.25) is 0 Å². The molecule has 2 heteroatoms. The van der Waals surface area contributed by atoms with Gasteiger partial charge < -0.3 is 10.1 Å². The molecule has 1 N–H and O–H groups in total. The summed E-state index contributed by atoms with van der Waals surface area (Å²) in [6.45, 7) is 9.11. The molecule has 1 aliphatic heterocycles. The van der Waals surface area contributed by atoms with Crippen LogP contribution in [0.25, 0.3) is 0 Å². The van der Waals surface area contributed by atoms with E-state index in [0.29, 0.717) is 23.7 Å². The largest absolute Gasteiger partial charge is 0.375 e. The first-order valence-corrected chi connectivity index (χ1v) is 6.76. The van der Waals surface area contributed by atoms with Crippen LogP contribution in [0.2, 0.25) is 0 Å². The molecular formula is C14H29NO. The minimum absolute atomic E-state index is 0.360. The van der Waals surface area contributed by atoms with Crippen molar-refractivity contribution in [3.63, 3.8) is 0 Å². The van der Waals surface area contributed by atoms with Crippen molar-refractivity contribution in [3.05, 3.63) is 0 Å².